The van der Waals surface area contributed by atoms with Gasteiger partial charge in [-0.15, -0.1) is 0 Å². The standard InChI is InChI=1S/C25H35FN7O7P/c1-14(2)38-22(35)15(3)31-41(36,40-16-10-8-7-9-11-16)37-12-17-19(34)25(4,26)23(39-17)33-13-28-18-20(32(5)6)29-24(27)30-21(18)33/h7-11,13-15,17,19,23,34H,12H2,1-6H3,(H,31,36)(H2,27,29,30)/t15-,17?,19+,23+,25+,41-/m0/s1. The van der Waals surface area contributed by atoms with Crippen molar-refractivity contribution in [3.8, 4) is 5.75 Å². The van der Waals surface area contributed by atoms with Crippen LogP contribution < -0.4 is 20.2 Å². The average molecular weight is 596 g/mol. The van der Waals surface area contributed by atoms with Crippen LogP contribution in [0.2, 0.25) is 0 Å². The zero-order chi connectivity index (χ0) is 30.1. The smallest absolute Gasteiger partial charge is 0.459 e. The number of aliphatic hydroxyl groups excluding tert-OH is 1. The molecule has 4 N–H and O–H groups in total. The molecule has 3 aromatic rings. The molecule has 224 valence electrons. The van der Waals surface area contributed by atoms with Crippen molar-refractivity contribution >= 4 is 36.6 Å². The van der Waals surface area contributed by atoms with Crippen molar-refractivity contribution in [1.29, 1.82) is 0 Å². The summed E-state index contributed by atoms with van der Waals surface area (Å²) in [5.74, 6) is -0.135. The van der Waals surface area contributed by atoms with Gasteiger partial charge in [0.25, 0.3) is 0 Å². The van der Waals surface area contributed by atoms with Crippen molar-refractivity contribution in [3.63, 3.8) is 0 Å². The van der Waals surface area contributed by atoms with E-state index in [1.165, 1.54) is 17.8 Å². The number of halogens is 1. The Morgan fingerprint density at radius 2 is 1.98 bits per heavy atom. The van der Waals surface area contributed by atoms with E-state index >= 15 is 4.39 Å². The van der Waals surface area contributed by atoms with E-state index < -0.39 is 56.6 Å². The molecule has 3 heterocycles. The summed E-state index contributed by atoms with van der Waals surface area (Å²) in [5.41, 5.74) is 4.07. The molecule has 1 aliphatic heterocycles. The van der Waals surface area contributed by atoms with Gasteiger partial charge in [-0.25, -0.2) is 13.9 Å². The van der Waals surface area contributed by atoms with Crippen molar-refractivity contribution in [2.45, 2.75) is 63.9 Å². The minimum Gasteiger partial charge on any atom is -0.462 e. The third-order valence-corrected chi connectivity index (χ3v) is 7.89. The van der Waals surface area contributed by atoms with Crippen LogP contribution in [0.15, 0.2) is 36.7 Å². The van der Waals surface area contributed by atoms with Crippen LogP contribution in [0.3, 0.4) is 0 Å². The fourth-order valence-electron chi connectivity index (χ4n) is 4.26. The SMILES string of the molecule is CC(C)OC(=O)[C@H](C)N[P@](=O)(OCC1O[C@@H](n2cnc3c(N(C)C)nc(N)nc32)[C@](C)(F)[C@@H]1O)Oc1ccccc1. The number of carbonyl (C=O) groups is 1. The minimum atomic E-state index is -4.28. The average Bonchev–Trinajstić information content (AvgIpc) is 3.40. The number of carbonyl (C=O) groups excluding carboxylic acids is 1. The molecule has 0 saturated carbocycles. The monoisotopic (exact) mass is 595 g/mol. The van der Waals surface area contributed by atoms with E-state index in [0.29, 0.717) is 11.3 Å². The Balaban J connectivity index is 1.57. The first kappa shape index (κ1) is 30.6. The number of nitrogens with zero attached hydrogens (tertiary/aromatic N) is 5. The molecule has 2 aromatic heterocycles. The lowest BCUT2D eigenvalue weighted by atomic mass is 9.98. The highest BCUT2D eigenvalue weighted by atomic mass is 31.2. The largest absolute Gasteiger partial charge is 0.462 e. The molecule has 0 amide bonds. The second-order valence-corrected chi connectivity index (χ2v) is 12.0. The van der Waals surface area contributed by atoms with E-state index in [2.05, 4.69) is 20.0 Å². The molecule has 0 bridgehead atoms. The predicted molar refractivity (Wildman–Crippen MR) is 148 cm³/mol. The maximum atomic E-state index is 16.0. The number of nitrogens with two attached hydrogens (primary N) is 1. The Hall–Kier alpha value is -3.36. The number of nitrogens with one attached hydrogen (secondary N) is 1. The fourth-order valence-corrected chi connectivity index (χ4v) is 5.76. The Bertz CT molecular complexity index is 1420. The zero-order valence-electron chi connectivity index (χ0n) is 23.6. The molecule has 1 saturated heterocycles. The third kappa shape index (κ3) is 6.60. The third-order valence-electron chi connectivity index (χ3n) is 6.25. The lowest BCUT2D eigenvalue weighted by Gasteiger charge is -2.25. The van der Waals surface area contributed by atoms with Gasteiger partial charge in [0.1, 0.15) is 24.0 Å². The molecule has 4 rings (SSSR count). The van der Waals surface area contributed by atoms with Crippen LogP contribution in [0.5, 0.6) is 5.75 Å². The molecule has 0 spiro atoms. The van der Waals surface area contributed by atoms with Gasteiger partial charge in [-0.05, 0) is 39.8 Å². The van der Waals surface area contributed by atoms with Gasteiger partial charge in [0, 0.05) is 14.1 Å². The van der Waals surface area contributed by atoms with Gasteiger partial charge in [-0.3, -0.25) is 13.9 Å². The first-order valence-electron chi connectivity index (χ1n) is 12.9. The number of para-hydroxylation sites is 1. The van der Waals surface area contributed by atoms with Gasteiger partial charge < -0.3 is 29.7 Å². The van der Waals surface area contributed by atoms with Gasteiger partial charge in [0.15, 0.2) is 28.9 Å². The molecule has 0 aliphatic carbocycles. The first-order valence-corrected chi connectivity index (χ1v) is 14.4. The van der Waals surface area contributed by atoms with Crippen LogP contribution >= 0.6 is 7.75 Å². The van der Waals surface area contributed by atoms with Gasteiger partial charge in [0.2, 0.25) is 5.95 Å². The molecule has 6 atom stereocenters. The van der Waals surface area contributed by atoms with E-state index in [4.69, 9.17) is 24.3 Å². The van der Waals surface area contributed by atoms with Crippen LogP contribution in [0.4, 0.5) is 16.2 Å². The highest BCUT2D eigenvalue weighted by Crippen LogP contribution is 2.48. The van der Waals surface area contributed by atoms with Crippen molar-refractivity contribution in [2.75, 3.05) is 31.3 Å². The topological polar surface area (TPSA) is 176 Å². The fraction of sp³-hybridized carbons (Fsp3) is 0.520. The summed E-state index contributed by atoms with van der Waals surface area (Å²) in [6.45, 7) is 5.39. The molecule has 41 heavy (non-hydrogen) atoms. The summed E-state index contributed by atoms with van der Waals surface area (Å²) in [6.07, 6.45) is -3.50. The number of benzene rings is 1. The summed E-state index contributed by atoms with van der Waals surface area (Å²) >= 11 is 0. The zero-order valence-corrected chi connectivity index (χ0v) is 24.5. The summed E-state index contributed by atoms with van der Waals surface area (Å²) in [6, 6.07) is 7.06. The summed E-state index contributed by atoms with van der Waals surface area (Å²) in [5, 5.41) is 13.5. The van der Waals surface area contributed by atoms with Crippen LogP contribution in [0.25, 0.3) is 11.2 Å². The number of aliphatic hydroxyl groups is 1. The Labute approximate surface area is 236 Å². The molecule has 14 nitrogen and oxygen atoms in total. The first-order chi connectivity index (χ1) is 19.2. The minimum absolute atomic E-state index is 0.0582. The molecule has 0 radical (unpaired) electrons. The molecular weight excluding hydrogens is 560 g/mol. The van der Waals surface area contributed by atoms with E-state index in [0.717, 1.165) is 6.92 Å². The maximum absolute atomic E-state index is 16.0. The van der Waals surface area contributed by atoms with Gasteiger partial charge in [0.05, 0.1) is 19.0 Å². The van der Waals surface area contributed by atoms with Crippen LogP contribution in [0.1, 0.15) is 33.9 Å². The van der Waals surface area contributed by atoms with Crippen LogP contribution in [-0.2, 0) is 23.4 Å². The number of anilines is 2. The summed E-state index contributed by atoms with van der Waals surface area (Å²) in [7, 11) is -0.793. The van der Waals surface area contributed by atoms with E-state index in [1.54, 1.807) is 63.2 Å². The number of hydrogen-bond donors (Lipinski definition) is 3. The highest BCUT2D eigenvalue weighted by Gasteiger charge is 2.56. The van der Waals surface area contributed by atoms with E-state index in [9.17, 15) is 14.5 Å². The molecule has 1 aliphatic rings. The van der Waals surface area contributed by atoms with Gasteiger partial charge in [-0.1, -0.05) is 18.2 Å². The summed E-state index contributed by atoms with van der Waals surface area (Å²) < 4.78 is 53.4. The number of nitrogen functional groups attached to an aromatic ring is 1. The van der Waals surface area contributed by atoms with E-state index in [1.807, 2.05) is 0 Å². The van der Waals surface area contributed by atoms with Crippen LogP contribution in [-0.4, -0.2) is 81.3 Å². The van der Waals surface area contributed by atoms with Crippen molar-refractivity contribution in [3.05, 3.63) is 36.7 Å². The maximum Gasteiger partial charge on any atom is 0.459 e. The predicted octanol–water partition coefficient (Wildman–Crippen LogP) is 2.59. The molecule has 1 fully saturated rings. The number of fused-ring (bicyclic) bond motifs is 1. The van der Waals surface area contributed by atoms with Crippen molar-refractivity contribution in [1.82, 2.24) is 24.6 Å². The number of ether oxygens (including phenoxy) is 2. The summed E-state index contributed by atoms with van der Waals surface area (Å²) in [4.78, 5) is 26.8. The van der Waals surface area contributed by atoms with Crippen LogP contribution in [0, 0.1) is 0 Å². The van der Waals surface area contributed by atoms with Crippen molar-refractivity contribution in [2.24, 2.45) is 0 Å². The number of esters is 1. The number of alkyl halides is 1. The Kier molecular flexibility index (Phi) is 8.85. The Morgan fingerprint density at radius 3 is 2.61 bits per heavy atom. The number of hydrogen-bond acceptors (Lipinski definition) is 12. The Morgan fingerprint density at radius 1 is 1.29 bits per heavy atom. The molecule has 16 heteroatoms. The second kappa shape index (κ2) is 11.9. The quantitative estimate of drug-likeness (QED) is 0.218. The highest BCUT2D eigenvalue weighted by molar-refractivity contribution is 7.52. The molecule has 1 unspecified atom stereocenters. The van der Waals surface area contributed by atoms with Crippen molar-refractivity contribution < 1.29 is 37.4 Å². The van der Waals surface area contributed by atoms with Gasteiger partial charge in [-0.2, -0.15) is 15.1 Å². The molecule has 1 aromatic carbocycles. The van der Waals surface area contributed by atoms with Gasteiger partial charge >= 0.3 is 13.7 Å². The van der Waals surface area contributed by atoms with E-state index in [-0.39, 0.29) is 17.3 Å². The normalized spacial score (nSPS) is 24.8. The number of rotatable bonds is 11. The lowest BCUT2D eigenvalue weighted by molar-refractivity contribution is -0.149. The lowest BCUT2D eigenvalue weighted by Crippen LogP contribution is -2.41. The number of aromatic nitrogens is 4. The number of imidazole rings is 1. The molecular formula is C25H35FN7O7P. The second-order valence-electron chi connectivity index (χ2n) is 10.3.